The smallest absolute Gasteiger partial charge is 0.0912 e. The highest BCUT2D eigenvalue weighted by atomic mass is 15.4. The van der Waals surface area contributed by atoms with E-state index in [9.17, 15) is 0 Å². The number of unbranched alkanes of at least 4 members (excludes halogenated alkanes) is 1. The van der Waals surface area contributed by atoms with Crippen LogP contribution in [0.4, 0.5) is 0 Å². The molecule has 2 fully saturated rings. The lowest BCUT2D eigenvalue weighted by atomic mass is 9.68. The van der Waals surface area contributed by atoms with Crippen molar-refractivity contribution in [2.75, 3.05) is 0 Å². The Balaban J connectivity index is 1.45. The van der Waals surface area contributed by atoms with Crippen molar-refractivity contribution in [3.63, 3.8) is 0 Å². The summed E-state index contributed by atoms with van der Waals surface area (Å²) in [6.07, 6.45) is 7.36. The van der Waals surface area contributed by atoms with Gasteiger partial charge in [0, 0.05) is 13.0 Å². The molecule has 26 heavy (non-hydrogen) atoms. The molecule has 1 aliphatic heterocycles. The van der Waals surface area contributed by atoms with Crippen molar-refractivity contribution in [1.82, 2.24) is 4.90 Å². The van der Waals surface area contributed by atoms with Gasteiger partial charge in [-0.1, -0.05) is 73.5 Å². The number of rotatable bonds is 6. The molecule has 2 aliphatic rings. The number of aryl methyl sites for hydroxylation is 1. The molecule has 2 aromatic carbocycles. The zero-order chi connectivity index (χ0) is 17.8. The van der Waals surface area contributed by atoms with Crippen LogP contribution in [-0.4, -0.2) is 16.5 Å². The van der Waals surface area contributed by atoms with Gasteiger partial charge in [-0.3, -0.25) is 4.90 Å². The van der Waals surface area contributed by atoms with Crippen molar-refractivity contribution >= 4 is 0 Å². The third kappa shape index (κ3) is 3.31. The van der Waals surface area contributed by atoms with E-state index in [-0.39, 0.29) is 0 Å². The molecule has 4 rings (SSSR count). The molecule has 0 N–H and O–H groups in total. The second-order valence-corrected chi connectivity index (χ2v) is 7.84. The lowest BCUT2D eigenvalue weighted by Gasteiger charge is -2.38. The van der Waals surface area contributed by atoms with Gasteiger partial charge in [0.25, 0.3) is 0 Å². The van der Waals surface area contributed by atoms with Gasteiger partial charge in [0.15, 0.2) is 0 Å². The molecule has 134 valence electrons. The molecule has 0 amide bonds. The summed E-state index contributed by atoms with van der Waals surface area (Å²) >= 11 is 0. The van der Waals surface area contributed by atoms with Gasteiger partial charge in [-0.2, -0.15) is 0 Å². The largest absolute Gasteiger partial charge is 0.275 e. The first-order valence-corrected chi connectivity index (χ1v) is 10.2. The predicted octanol–water partition coefficient (Wildman–Crippen LogP) is 5.46. The van der Waals surface area contributed by atoms with E-state index in [1.54, 1.807) is 0 Å². The van der Waals surface area contributed by atoms with E-state index in [2.05, 4.69) is 84.3 Å². The van der Waals surface area contributed by atoms with Gasteiger partial charge in [0.1, 0.15) is 0 Å². The quantitative estimate of drug-likeness (QED) is 0.497. The Bertz CT molecular complexity index is 770. The molecule has 0 bridgehead atoms. The average molecular weight is 344 g/mol. The number of hydrogen-bond donors (Lipinski definition) is 0. The topological polar surface area (TPSA) is 3.01 Å². The minimum Gasteiger partial charge on any atom is -0.275 e. The summed E-state index contributed by atoms with van der Waals surface area (Å²) in [5, 5.41) is 0. The van der Waals surface area contributed by atoms with Crippen molar-refractivity contribution in [2.24, 2.45) is 5.92 Å². The molecule has 1 heteroatoms. The summed E-state index contributed by atoms with van der Waals surface area (Å²) < 4.78 is 0. The second kappa shape index (κ2) is 7.68. The van der Waals surface area contributed by atoms with E-state index in [1.165, 1.54) is 36.8 Å². The predicted molar refractivity (Wildman–Crippen MR) is 109 cm³/mol. The lowest BCUT2D eigenvalue weighted by molar-refractivity contribution is 0.148. The van der Waals surface area contributed by atoms with Gasteiger partial charge in [-0.15, -0.1) is 5.92 Å². The molecule has 1 heterocycles. The molecular formula is C25H29N. The molecule has 0 aromatic heterocycles. The lowest BCUT2D eigenvalue weighted by Crippen LogP contribution is -2.40. The highest BCUT2D eigenvalue weighted by Gasteiger charge is 2.69. The van der Waals surface area contributed by atoms with Gasteiger partial charge in [-0.05, 0) is 49.1 Å². The summed E-state index contributed by atoms with van der Waals surface area (Å²) in [7, 11) is 0. The molecule has 0 radical (unpaired) electrons. The Kier molecular flexibility index (Phi) is 5.14. The Labute approximate surface area is 158 Å². The number of hydrogen-bond acceptors (Lipinski definition) is 1. The normalized spacial score (nSPS) is 28.9. The highest BCUT2D eigenvalue weighted by Crippen LogP contribution is 2.60. The van der Waals surface area contributed by atoms with Crippen molar-refractivity contribution in [3.8, 4) is 11.8 Å². The van der Waals surface area contributed by atoms with E-state index < -0.39 is 0 Å². The van der Waals surface area contributed by atoms with Gasteiger partial charge in [-0.25, -0.2) is 0 Å². The molecule has 1 nitrogen and oxygen atoms in total. The van der Waals surface area contributed by atoms with E-state index >= 15 is 0 Å². The second-order valence-electron chi connectivity index (χ2n) is 7.84. The third-order valence-electron chi connectivity index (χ3n) is 6.29. The Hall–Kier alpha value is -2.04. The summed E-state index contributed by atoms with van der Waals surface area (Å²) in [6.45, 7) is 3.26. The zero-order valence-electron chi connectivity index (χ0n) is 15.8. The molecule has 1 unspecified atom stereocenters. The maximum absolute atomic E-state index is 3.62. The van der Waals surface area contributed by atoms with Gasteiger partial charge in [0.2, 0.25) is 0 Å². The van der Waals surface area contributed by atoms with Crippen molar-refractivity contribution in [3.05, 3.63) is 71.8 Å². The van der Waals surface area contributed by atoms with Crippen molar-refractivity contribution in [1.29, 1.82) is 0 Å². The molecule has 4 atom stereocenters. The summed E-state index contributed by atoms with van der Waals surface area (Å²) in [5.74, 6) is 7.86. The maximum Gasteiger partial charge on any atom is 0.0912 e. The molecule has 1 spiro atoms. The highest BCUT2D eigenvalue weighted by molar-refractivity contribution is 5.36. The molecular weight excluding hydrogens is 314 g/mol. The first kappa shape index (κ1) is 17.4. The fraction of sp³-hybridized carbons (Fsp3) is 0.440. The molecule has 1 aliphatic carbocycles. The van der Waals surface area contributed by atoms with Crippen LogP contribution in [-0.2, 0) is 13.0 Å². The SMILES string of the molecule is CCCC#C[C@H]1N(Cc2ccccc2)[C@@]12CC[C@@H]2CCc1ccccc1. The third-order valence-corrected chi connectivity index (χ3v) is 6.29. The van der Waals surface area contributed by atoms with Gasteiger partial charge < -0.3 is 0 Å². The van der Waals surface area contributed by atoms with Gasteiger partial charge in [0.05, 0.1) is 11.6 Å². The minimum absolute atomic E-state index is 0.366. The molecule has 2 aromatic rings. The van der Waals surface area contributed by atoms with E-state index in [0.717, 1.165) is 25.3 Å². The fourth-order valence-corrected chi connectivity index (χ4v) is 4.68. The zero-order valence-corrected chi connectivity index (χ0v) is 15.8. The van der Waals surface area contributed by atoms with Crippen LogP contribution in [0.5, 0.6) is 0 Å². The average Bonchev–Trinajstić information content (AvgIpc) is 3.32. The van der Waals surface area contributed by atoms with Crippen LogP contribution in [0.25, 0.3) is 0 Å². The van der Waals surface area contributed by atoms with E-state index in [0.29, 0.717) is 11.6 Å². The number of benzene rings is 2. The summed E-state index contributed by atoms with van der Waals surface area (Å²) in [5.41, 5.74) is 3.25. The molecule has 1 saturated carbocycles. The monoisotopic (exact) mass is 343 g/mol. The first-order chi connectivity index (χ1) is 12.8. The van der Waals surface area contributed by atoms with Crippen LogP contribution in [0.15, 0.2) is 60.7 Å². The van der Waals surface area contributed by atoms with Crippen LogP contribution >= 0.6 is 0 Å². The first-order valence-electron chi connectivity index (χ1n) is 10.2. The Morgan fingerprint density at radius 3 is 2.31 bits per heavy atom. The van der Waals surface area contributed by atoms with Crippen LogP contribution < -0.4 is 0 Å². The number of nitrogens with zero attached hydrogens (tertiary/aromatic N) is 1. The van der Waals surface area contributed by atoms with Crippen LogP contribution in [0.2, 0.25) is 0 Å². The van der Waals surface area contributed by atoms with Crippen LogP contribution in [0.1, 0.15) is 50.2 Å². The summed E-state index contributed by atoms with van der Waals surface area (Å²) in [6, 6.07) is 22.3. The standard InChI is InChI=1S/C25H29N/c1-2-3-6-15-24-25(26(24)20-22-13-9-5-10-14-22)19-18-23(25)17-16-21-11-7-4-8-12-21/h4-5,7-14,23-24H,2-3,16-20H2,1H3/t23-,24+,25+,26?/m0/s1. The van der Waals surface area contributed by atoms with Crippen LogP contribution in [0.3, 0.4) is 0 Å². The fourth-order valence-electron chi connectivity index (χ4n) is 4.68. The van der Waals surface area contributed by atoms with Crippen molar-refractivity contribution < 1.29 is 0 Å². The Morgan fingerprint density at radius 1 is 1.00 bits per heavy atom. The van der Waals surface area contributed by atoms with Gasteiger partial charge >= 0.3 is 0 Å². The van der Waals surface area contributed by atoms with E-state index in [1.807, 2.05) is 0 Å². The maximum atomic E-state index is 3.62. The molecule has 1 saturated heterocycles. The summed E-state index contributed by atoms with van der Waals surface area (Å²) in [4.78, 5) is 2.68. The van der Waals surface area contributed by atoms with E-state index in [4.69, 9.17) is 0 Å². The van der Waals surface area contributed by atoms with Crippen molar-refractivity contribution in [2.45, 2.75) is 63.6 Å². The van der Waals surface area contributed by atoms with Crippen LogP contribution in [0, 0.1) is 17.8 Å². The Morgan fingerprint density at radius 2 is 1.69 bits per heavy atom. The minimum atomic E-state index is 0.366.